The maximum atomic E-state index is 11.6. The topological polar surface area (TPSA) is 65.0 Å². The summed E-state index contributed by atoms with van der Waals surface area (Å²) in [6.45, 7) is 0.0612. The van der Waals surface area contributed by atoms with E-state index in [1.807, 2.05) is 0 Å². The predicted octanol–water partition coefficient (Wildman–Crippen LogP) is -1.76. The van der Waals surface area contributed by atoms with E-state index in [4.69, 9.17) is 0 Å². The molecule has 6 heteroatoms. The van der Waals surface area contributed by atoms with Gasteiger partial charge in [0.25, 0.3) is 0 Å². The fourth-order valence-corrected chi connectivity index (χ4v) is 1.71. The van der Waals surface area contributed by atoms with Gasteiger partial charge in [0.1, 0.15) is 6.04 Å². The van der Waals surface area contributed by atoms with Crippen molar-refractivity contribution in [3.63, 3.8) is 0 Å². The van der Waals surface area contributed by atoms with Crippen LogP contribution in [0.4, 0.5) is 0 Å². The third kappa shape index (κ3) is 1.14. The lowest BCUT2D eigenvalue weighted by atomic mass is 10.2. The van der Waals surface area contributed by atoms with Crippen LogP contribution in [-0.2, 0) is 9.59 Å². The van der Waals surface area contributed by atoms with Crippen LogP contribution >= 0.6 is 0 Å². The number of nitrogens with one attached hydrogen (secondary N) is 1. The van der Waals surface area contributed by atoms with Gasteiger partial charge < -0.3 is 15.1 Å². The van der Waals surface area contributed by atoms with E-state index in [1.54, 1.807) is 25.3 Å². The Hall–Kier alpha value is -1.59. The minimum absolute atomic E-state index is 0.0612. The molecule has 2 unspecified atom stereocenters. The average Bonchev–Trinajstić information content (AvgIpc) is 2.50. The molecule has 2 atom stereocenters. The number of aliphatic imine (C=N–C) groups is 1. The van der Waals surface area contributed by atoms with Crippen LogP contribution in [0, 0.1) is 0 Å². The van der Waals surface area contributed by atoms with E-state index in [0.717, 1.165) is 0 Å². The second-order valence-corrected chi connectivity index (χ2v) is 3.51. The van der Waals surface area contributed by atoms with Crippen molar-refractivity contribution in [2.45, 2.75) is 12.2 Å². The summed E-state index contributed by atoms with van der Waals surface area (Å²) in [5.41, 5.74) is 0. The van der Waals surface area contributed by atoms with E-state index in [1.165, 1.54) is 4.90 Å². The van der Waals surface area contributed by atoms with E-state index in [9.17, 15) is 9.59 Å². The molecule has 1 N–H and O–H groups in total. The van der Waals surface area contributed by atoms with Gasteiger partial charge in [0.2, 0.25) is 11.8 Å². The molecular weight excluding hydrogens is 184 g/mol. The van der Waals surface area contributed by atoms with E-state index < -0.39 is 0 Å². The molecule has 2 amide bonds. The monoisotopic (exact) mass is 196 g/mol. The number of fused-ring (bicyclic) bond motifs is 1. The van der Waals surface area contributed by atoms with Gasteiger partial charge in [-0.15, -0.1) is 0 Å². The van der Waals surface area contributed by atoms with E-state index in [0.29, 0.717) is 0 Å². The van der Waals surface area contributed by atoms with Gasteiger partial charge in [-0.1, -0.05) is 0 Å². The van der Waals surface area contributed by atoms with Crippen molar-refractivity contribution in [1.29, 1.82) is 0 Å². The largest absolute Gasteiger partial charge is 0.351 e. The molecule has 0 bridgehead atoms. The van der Waals surface area contributed by atoms with Crippen LogP contribution in [0.1, 0.15) is 0 Å². The van der Waals surface area contributed by atoms with E-state index in [2.05, 4.69) is 10.3 Å². The number of amides is 2. The predicted molar refractivity (Wildman–Crippen MR) is 49.6 cm³/mol. The summed E-state index contributed by atoms with van der Waals surface area (Å²) in [5.74, 6) is -0.258. The van der Waals surface area contributed by atoms with Gasteiger partial charge in [-0.3, -0.25) is 9.59 Å². The lowest BCUT2D eigenvalue weighted by Gasteiger charge is -2.25. The van der Waals surface area contributed by atoms with Gasteiger partial charge in [-0.05, 0) is 0 Å². The number of carbonyl (C=O) groups excluding carboxylic acids is 2. The fourth-order valence-electron chi connectivity index (χ4n) is 1.71. The normalized spacial score (nSPS) is 31.6. The molecule has 2 aliphatic rings. The summed E-state index contributed by atoms with van der Waals surface area (Å²) in [4.78, 5) is 30.4. The molecular formula is C8H12N4O2. The lowest BCUT2D eigenvalue weighted by molar-refractivity contribution is -0.130. The Bertz CT molecular complexity index is 314. The Morgan fingerprint density at radius 2 is 2.21 bits per heavy atom. The summed E-state index contributed by atoms with van der Waals surface area (Å²) in [6, 6.07) is -0.383. The molecule has 0 aromatic heterocycles. The SMILES string of the molecule is CN1C=NC2C1C(=O)NCC(=O)N2C. The van der Waals surface area contributed by atoms with E-state index >= 15 is 0 Å². The third-order valence-corrected chi connectivity index (χ3v) is 2.60. The number of carbonyl (C=O) groups is 2. The highest BCUT2D eigenvalue weighted by Crippen LogP contribution is 2.17. The minimum Gasteiger partial charge on any atom is -0.351 e. The molecule has 2 rings (SSSR count). The van der Waals surface area contributed by atoms with Gasteiger partial charge in [0, 0.05) is 14.1 Å². The van der Waals surface area contributed by atoms with Gasteiger partial charge in [-0.2, -0.15) is 0 Å². The molecule has 1 fully saturated rings. The number of likely N-dealkylation sites (N-methyl/N-ethyl adjacent to an activating group) is 2. The molecule has 0 aromatic carbocycles. The highest BCUT2D eigenvalue weighted by atomic mass is 16.2. The minimum atomic E-state index is -0.383. The molecule has 0 radical (unpaired) electrons. The molecule has 2 aliphatic heterocycles. The van der Waals surface area contributed by atoms with Crippen LogP contribution in [0.2, 0.25) is 0 Å². The maximum absolute atomic E-state index is 11.6. The Labute approximate surface area is 81.6 Å². The Kier molecular flexibility index (Phi) is 1.90. The number of hydrogen-bond acceptors (Lipinski definition) is 4. The van der Waals surface area contributed by atoms with Crippen LogP contribution in [-0.4, -0.2) is 60.8 Å². The van der Waals surface area contributed by atoms with Crippen molar-refractivity contribution in [1.82, 2.24) is 15.1 Å². The average molecular weight is 196 g/mol. The second kappa shape index (κ2) is 2.97. The van der Waals surface area contributed by atoms with Crippen molar-refractivity contribution < 1.29 is 9.59 Å². The lowest BCUT2D eigenvalue weighted by Crippen LogP contribution is -2.48. The molecule has 0 aromatic rings. The van der Waals surface area contributed by atoms with Crippen molar-refractivity contribution in [3.05, 3.63) is 0 Å². The zero-order valence-electron chi connectivity index (χ0n) is 8.10. The first-order valence-corrected chi connectivity index (χ1v) is 4.40. The summed E-state index contributed by atoms with van der Waals surface area (Å²) in [6.07, 6.45) is 1.21. The van der Waals surface area contributed by atoms with Crippen molar-refractivity contribution in [2.24, 2.45) is 4.99 Å². The molecule has 1 saturated heterocycles. The Morgan fingerprint density at radius 1 is 1.50 bits per heavy atom. The number of rotatable bonds is 0. The zero-order chi connectivity index (χ0) is 10.3. The molecule has 76 valence electrons. The standard InChI is InChI=1S/C8H12N4O2/c1-11-4-10-7-6(11)8(14)9-3-5(13)12(7)2/h4,6-7H,3H2,1-2H3,(H,9,14). The zero-order valence-corrected chi connectivity index (χ0v) is 8.10. The van der Waals surface area contributed by atoms with Crippen molar-refractivity contribution in [3.8, 4) is 0 Å². The molecule has 0 saturated carbocycles. The fraction of sp³-hybridized carbons (Fsp3) is 0.625. The van der Waals surface area contributed by atoms with Crippen LogP contribution in [0.25, 0.3) is 0 Å². The smallest absolute Gasteiger partial charge is 0.247 e. The van der Waals surface area contributed by atoms with Gasteiger partial charge in [0.15, 0.2) is 6.17 Å². The van der Waals surface area contributed by atoms with Gasteiger partial charge >= 0.3 is 0 Å². The van der Waals surface area contributed by atoms with E-state index in [-0.39, 0.29) is 30.6 Å². The summed E-state index contributed by atoms with van der Waals surface area (Å²) in [5, 5.41) is 2.57. The van der Waals surface area contributed by atoms with Crippen LogP contribution in [0.5, 0.6) is 0 Å². The number of nitrogens with zero attached hydrogens (tertiary/aromatic N) is 3. The van der Waals surface area contributed by atoms with Crippen LogP contribution in [0.15, 0.2) is 4.99 Å². The van der Waals surface area contributed by atoms with Crippen LogP contribution < -0.4 is 5.32 Å². The third-order valence-electron chi connectivity index (χ3n) is 2.60. The van der Waals surface area contributed by atoms with Crippen molar-refractivity contribution >= 4 is 18.2 Å². The van der Waals surface area contributed by atoms with Gasteiger partial charge in [0.05, 0.1) is 12.9 Å². The number of hydrogen-bond donors (Lipinski definition) is 1. The first kappa shape index (κ1) is 8.98. The molecule has 6 nitrogen and oxygen atoms in total. The van der Waals surface area contributed by atoms with Crippen LogP contribution in [0.3, 0.4) is 0 Å². The van der Waals surface area contributed by atoms with Crippen molar-refractivity contribution in [2.75, 3.05) is 20.6 Å². The van der Waals surface area contributed by atoms with Gasteiger partial charge in [-0.25, -0.2) is 4.99 Å². The molecule has 0 aliphatic carbocycles. The summed E-state index contributed by atoms with van der Waals surface area (Å²) >= 11 is 0. The maximum Gasteiger partial charge on any atom is 0.247 e. The molecule has 0 spiro atoms. The second-order valence-electron chi connectivity index (χ2n) is 3.51. The Morgan fingerprint density at radius 3 is 2.93 bits per heavy atom. The molecule has 2 heterocycles. The highest BCUT2D eigenvalue weighted by Gasteiger charge is 2.41. The summed E-state index contributed by atoms with van der Waals surface area (Å²) < 4.78 is 0. The summed E-state index contributed by atoms with van der Waals surface area (Å²) in [7, 11) is 3.44. The quantitative estimate of drug-likeness (QED) is 0.499. The molecule has 14 heavy (non-hydrogen) atoms. The Balaban J connectivity index is 2.31. The first-order valence-electron chi connectivity index (χ1n) is 4.40. The highest BCUT2D eigenvalue weighted by molar-refractivity contribution is 5.93. The first-order chi connectivity index (χ1) is 6.61.